The summed E-state index contributed by atoms with van der Waals surface area (Å²) in [7, 11) is 0. The Kier molecular flexibility index (Phi) is 9.37. The van der Waals surface area contributed by atoms with Crippen LogP contribution in [0.2, 0.25) is 0 Å². The first-order valence-electron chi connectivity index (χ1n) is 12.8. The maximum absolute atomic E-state index is 12.9. The van der Waals surface area contributed by atoms with Crippen LogP contribution in [0.3, 0.4) is 0 Å². The van der Waals surface area contributed by atoms with Crippen LogP contribution in [-0.4, -0.2) is 42.5 Å². The molecule has 0 saturated carbocycles. The van der Waals surface area contributed by atoms with Crippen LogP contribution in [0.15, 0.2) is 54.6 Å². The van der Waals surface area contributed by atoms with Gasteiger partial charge in [-0.25, -0.2) is 0 Å². The summed E-state index contributed by atoms with van der Waals surface area (Å²) < 4.78 is 0. The van der Waals surface area contributed by atoms with E-state index in [2.05, 4.69) is 87.2 Å². The van der Waals surface area contributed by atoms with Crippen molar-refractivity contribution in [1.82, 2.24) is 4.90 Å². The summed E-state index contributed by atoms with van der Waals surface area (Å²) in [4.78, 5) is 17.4. The van der Waals surface area contributed by atoms with Crippen molar-refractivity contribution in [3.8, 4) is 0 Å². The number of benzene rings is 2. The van der Waals surface area contributed by atoms with E-state index in [4.69, 9.17) is 5.73 Å². The van der Waals surface area contributed by atoms with Gasteiger partial charge in [0, 0.05) is 31.4 Å². The van der Waals surface area contributed by atoms with Crippen molar-refractivity contribution in [1.29, 1.82) is 0 Å². The quantitative estimate of drug-likeness (QED) is 0.506. The summed E-state index contributed by atoms with van der Waals surface area (Å²) in [6, 6.07) is 19.8. The number of hydrogen-bond donors (Lipinski definition) is 1. The van der Waals surface area contributed by atoms with E-state index in [0.29, 0.717) is 17.9 Å². The third kappa shape index (κ3) is 7.60. The summed E-state index contributed by atoms with van der Waals surface area (Å²) in [5.41, 5.74) is 10.2. The molecule has 4 nitrogen and oxygen atoms in total. The van der Waals surface area contributed by atoms with E-state index >= 15 is 0 Å². The summed E-state index contributed by atoms with van der Waals surface area (Å²) in [6.45, 7) is 11.4. The molecule has 2 aromatic carbocycles. The third-order valence-electron chi connectivity index (χ3n) is 6.72. The van der Waals surface area contributed by atoms with Gasteiger partial charge in [0.15, 0.2) is 0 Å². The average molecular weight is 450 g/mol. The van der Waals surface area contributed by atoms with Gasteiger partial charge in [0.25, 0.3) is 0 Å². The van der Waals surface area contributed by atoms with Gasteiger partial charge in [0.05, 0.1) is 6.04 Å². The number of amides is 1. The predicted molar refractivity (Wildman–Crippen MR) is 140 cm³/mol. The first kappa shape index (κ1) is 25.3. The molecule has 0 bridgehead atoms. The molecule has 0 aromatic heterocycles. The highest BCUT2D eigenvalue weighted by molar-refractivity contribution is 5.82. The zero-order valence-electron chi connectivity index (χ0n) is 21.0. The molecule has 1 aliphatic rings. The number of anilines is 1. The molecule has 1 heterocycles. The predicted octanol–water partition coefficient (Wildman–Crippen LogP) is 5.30. The fourth-order valence-corrected chi connectivity index (χ4v) is 4.75. The molecule has 1 aliphatic heterocycles. The van der Waals surface area contributed by atoms with Crippen molar-refractivity contribution >= 4 is 11.6 Å². The molecule has 0 aliphatic carbocycles. The molecule has 3 rings (SSSR count). The minimum Gasteiger partial charge on any atom is -0.367 e. The number of carbonyl (C=O) groups is 1. The van der Waals surface area contributed by atoms with Crippen molar-refractivity contribution < 1.29 is 4.79 Å². The lowest BCUT2D eigenvalue weighted by Crippen LogP contribution is -2.45. The first-order chi connectivity index (χ1) is 15.8. The summed E-state index contributed by atoms with van der Waals surface area (Å²) in [5.74, 6) is 1.20. The Labute approximate surface area is 201 Å². The largest absolute Gasteiger partial charge is 0.367 e. The van der Waals surface area contributed by atoms with Crippen LogP contribution in [0.25, 0.3) is 0 Å². The Hall–Kier alpha value is -2.33. The smallest absolute Gasteiger partial charge is 0.239 e. The second kappa shape index (κ2) is 12.2. The molecule has 4 heteroatoms. The van der Waals surface area contributed by atoms with Crippen LogP contribution in [-0.2, 0) is 17.6 Å². The third-order valence-corrected chi connectivity index (χ3v) is 6.72. The Balaban J connectivity index is 1.65. The minimum absolute atomic E-state index is 0.117. The van der Waals surface area contributed by atoms with Gasteiger partial charge in [0.1, 0.15) is 0 Å². The van der Waals surface area contributed by atoms with Crippen LogP contribution in [0.4, 0.5) is 5.69 Å². The van der Waals surface area contributed by atoms with Crippen LogP contribution in [0, 0.1) is 11.8 Å². The number of nitrogens with two attached hydrogens (primary N) is 1. The molecule has 1 fully saturated rings. The zero-order chi connectivity index (χ0) is 23.8. The number of rotatable bonds is 11. The molecule has 180 valence electrons. The maximum Gasteiger partial charge on any atom is 0.239 e. The topological polar surface area (TPSA) is 49.6 Å². The lowest BCUT2D eigenvalue weighted by molar-refractivity contribution is -0.131. The van der Waals surface area contributed by atoms with Crippen LogP contribution >= 0.6 is 0 Å². The number of hydrogen-bond acceptors (Lipinski definition) is 3. The van der Waals surface area contributed by atoms with E-state index in [1.807, 2.05) is 4.90 Å². The van der Waals surface area contributed by atoms with Gasteiger partial charge in [0.2, 0.25) is 5.91 Å². The normalized spacial score (nSPS) is 17.1. The molecule has 2 aromatic rings. The molecule has 1 amide bonds. The Morgan fingerprint density at radius 1 is 0.970 bits per heavy atom. The van der Waals surface area contributed by atoms with Crippen LogP contribution in [0.1, 0.15) is 58.1 Å². The standard InChI is InChI=1S/C29H43N3O/c1-22(2)16-19-32(27-17-18-31(21-27)29(33)28(30)20-23(3)4)26-14-12-25(13-15-26)11-10-24-8-6-5-7-9-24/h5-9,12-15,22-23,27-28H,10-11,16-21,30H2,1-4H3/t27-,28?/m0/s1. The second-order valence-electron chi connectivity index (χ2n) is 10.5. The fraction of sp³-hybridized carbons (Fsp3) is 0.552. The first-order valence-corrected chi connectivity index (χ1v) is 12.8. The van der Waals surface area contributed by atoms with Gasteiger partial charge < -0.3 is 15.5 Å². The minimum atomic E-state index is -0.378. The van der Waals surface area contributed by atoms with E-state index < -0.39 is 0 Å². The van der Waals surface area contributed by atoms with Crippen LogP contribution < -0.4 is 10.6 Å². The molecule has 2 atom stereocenters. The molecule has 0 spiro atoms. The second-order valence-corrected chi connectivity index (χ2v) is 10.5. The van der Waals surface area contributed by atoms with Gasteiger partial charge in [-0.1, -0.05) is 70.2 Å². The highest BCUT2D eigenvalue weighted by Gasteiger charge is 2.32. The summed E-state index contributed by atoms with van der Waals surface area (Å²) >= 11 is 0. The lowest BCUT2D eigenvalue weighted by Gasteiger charge is -2.32. The fourth-order valence-electron chi connectivity index (χ4n) is 4.75. The number of carbonyl (C=O) groups excluding carboxylic acids is 1. The Bertz CT molecular complexity index is 847. The van der Waals surface area contributed by atoms with Gasteiger partial charge in [-0.15, -0.1) is 0 Å². The van der Waals surface area contributed by atoms with Crippen molar-refractivity contribution in [2.75, 3.05) is 24.5 Å². The van der Waals surface area contributed by atoms with E-state index in [1.54, 1.807) is 0 Å². The maximum atomic E-state index is 12.9. The van der Waals surface area contributed by atoms with Crippen molar-refractivity contribution in [3.05, 3.63) is 65.7 Å². The zero-order valence-corrected chi connectivity index (χ0v) is 21.0. The molecule has 1 saturated heterocycles. The van der Waals surface area contributed by atoms with Gasteiger partial charge in [-0.2, -0.15) is 0 Å². The van der Waals surface area contributed by atoms with Crippen molar-refractivity contribution in [2.24, 2.45) is 17.6 Å². The molecular weight excluding hydrogens is 406 g/mol. The van der Waals surface area contributed by atoms with Crippen LogP contribution in [0.5, 0.6) is 0 Å². The average Bonchev–Trinajstić information content (AvgIpc) is 3.28. The Morgan fingerprint density at radius 3 is 2.21 bits per heavy atom. The van der Waals surface area contributed by atoms with E-state index in [-0.39, 0.29) is 11.9 Å². The van der Waals surface area contributed by atoms with Gasteiger partial charge in [-0.3, -0.25) is 4.79 Å². The van der Waals surface area contributed by atoms with Gasteiger partial charge >= 0.3 is 0 Å². The highest BCUT2D eigenvalue weighted by atomic mass is 16.2. The summed E-state index contributed by atoms with van der Waals surface area (Å²) in [5, 5.41) is 0. The highest BCUT2D eigenvalue weighted by Crippen LogP contribution is 2.26. The monoisotopic (exact) mass is 449 g/mol. The van der Waals surface area contributed by atoms with Crippen molar-refractivity contribution in [2.45, 2.75) is 71.9 Å². The molecule has 0 radical (unpaired) electrons. The van der Waals surface area contributed by atoms with Crippen molar-refractivity contribution in [3.63, 3.8) is 0 Å². The van der Waals surface area contributed by atoms with E-state index in [1.165, 1.54) is 16.8 Å². The molecule has 2 N–H and O–H groups in total. The lowest BCUT2D eigenvalue weighted by atomic mass is 10.0. The molecule has 1 unspecified atom stereocenters. The molecular formula is C29H43N3O. The number of nitrogens with zero attached hydrogens (tertiary/aromatic N) is 2. The SMILES string of the molecule is CC(C)CCN(c1ccc(CCc2ccccc2)cc1)[C@H]1CCN(C(=O)C(N)CC(C)C)C1. The van der Waals surface area contributed by atoms with Gasteiger partial charge in [-0.05, 0) is 67.2 Å². The summed E-state index contributed by atoms with van der Waals surface area (Å²) in [6.07, 6.45) is 5.02. The van der Waals surface area contributed by atoms with E-state index in [0.717, 1.165) is 51.7 Å². The number of aryl methyl sites for hydroxylation is 2. The number of likely N-dealkylation sites (tertiary alicyclic amines) is 1. The van der Waals surface area contributed by atoms with E-state index in [9.17, 15) is 4.79 Å². The Morgan fingerprint density at radius 2 is 1.61 bits per heavy atom. The molecule has 33 heavy (non-hydrogen) atoms.